The highest BCUT2D eigenvalue weighted by Gasteiger charge is 2.28. The molecule has 2 aliphatic heterocycles. The van der Waals surface area contributed by atoms with Crippen molar-refractivity contribution in [1.29, 1.82) is 0 Å². The van der Waals surface area contributed by atoms with Crippen LogP contribution < -0.4 is 4.90 Å². The smallest absolute Gasteiger partial charge is 0.286 e. The van der Waals surface area contributed by atoms with Gasteiger partial charge in [-0.3, -0.25) is 4.79 Å². The van der Waals surface area contributed by atoms with Crippen LogP contribution in [0.3, 0.4) is 0 Å². The van der Waals surface area contributed by atoms with Gasteiger partial charge in [-0.15, -0.1) is 0 Å². The average Bonchev–Trinajstić information content (AvgIpc) is 3.42. The molecule has 3 aromatic rings. The molecular formula is C25H22BrN3O2S. The Kier molecular flexibility index (Phi) is 5.93. The maximum absolute atomic E-state index is 12.5. The lowest BCUT2D eigenvalue weighted by Crippen LogP contribution is -2.47. The molecule has 0 aliphatic carbocycles. The van der Waals surface area contributed by atoms with Gasteiger partial charge in [0.2, 0.25) is 0 Å². The number of hydrogen-bond acceptors (Lipinski definition) is 5. The molecule has 1 amide bonds. The SMILES string of the molecule is Cc1ccc(N2CCN(C3=NC(=O)C(=Cc4ccc(-c5ccc(Br)cc5)o4)S3)CC2)cc1. The van der Waals surface area contributed by atoms with Crippen LogP contribution in [0.5, 0.6) is 0 Å². The van der Waals surface area contributed by atoms with Crippen molar-refractivity contribution in [2.75, 3.05) is 31.1 Å². The highest BCUT2D eigenvalue weighted by molar-refractivity contribution is 9.10. The molecule has 2 aliphatic rings. The summed E-state index contributed by atoms with van der Waals surface area (Å²) < 4.78 is 6.96. The Bertz CT molecular complexity index is 1190. The van der Waals surface area contributed by atoms with Crippen molar-refractivity contribution >= 4 is 50.5 Å². The number of carbonyl (C=O) groups is 1. The molecule has 2 aromatic carbocycles. The first kappa shape index (κ1) is 21.1. The van der Waals surface area contributed by atoms with E-state index in [1.807, 2.05) is 36.4 Å². The van der Waals surface area contributed by atoms with Crippen molar-refractivity contribution < 1.29 is 9.21 Å². The Morgan fingerprint density at radius 1 is 0.938 bits per heavy atom. The zero-order valence-electron chi connectivity index (χ0n) is 17.6. The molecule has 0 bridgehead atoms. The van der Waals surface area contributed by atoms with Crippen LogP contribution in [0.2, 0.25) is 0 Å². The van der Waals surface area contributed by atoms with Gasteiger partial charge in [-0.1, -0.05) is 45.8 Å². The van der Waals surface area contributed by atoms with E-state index in [9.17, 15) is 4.79 Å². The molecule has 0 atom stereocenters. The molecule has 162 valence electrons. The van der Waals surface area contributed by atoms with E-state index in [1.54, 1.807) is 6.08 Å². The summed E-state index contributed by atoms with van der Waals surface area (Å²) >= 11 is 4.87. The van der Waals surface area contributed by atoms with Gasteiger partial charge in [0.05, 0.1) is 4.91 Å². The van der Waals surface area contributed by atoms with Gasteiger partial charge in [0.25, 0.3) is 5.91 Å². The number of piperazine rings is 1. The summed E-state index contributed by atoms with van der Waals surface area (Å²) in [5.41, 5.74) is 3.50. The number of nitrogens with zero attached hydrogens (tertiary/aromatic N) is 3. The number of amides is 1. The largest absolute Gasteiger partial charge is 0.457 e. The second-order valence-electron chi connectivity index (χ2n) is 7.83. The third kappa shape index (κ3) is 4.54. The maximum Gasteiger partial charge on any atom is 0.286 e. The summed E-state index contributed by atoms with van der Waals surface area (Å²) in [5.74, 6) is 1.22. The first-order valence-corrected chi connectivity index (χ1v) is 12.1. The lowest BCUT2D eigenvalue weighted by atomic mass is 10.2. The number of anilines is 1. The van der Waals surface area contributed by atoms with Gasteiger partial charge < -0.3 is 14.2 Å². The van der Waals surface area contributed by atoms with Crippen molar-refractivity contribution in [2.24, 2.45) is 4.99 Å². The molecule has 1 aromatic heterocycles. The van der Waals surface area contributed by atoms with Crippen LogP contribution in [0.4, 0.5) is 5.69 Å². The minimum Gasteiger partial charge on any atom is -0.457 e. The average molecular weight is 508 g/mol. The summed E-state index contributed by atoms with van der Waals surface area (Å²) in [6.07, 6.45) is 1.79. The van der Waals surface area contributed by atoms with Crippen molar-refractivity contribution in [3.63, 3.8) is 0 Å². The molecule has 0 saturated carbocycles. The zero-order chi connectivity index (χ0) is 22.1. The van der Waals surface area contributed by atoms with Crippen LogP contribution in [-0.2, 0) is 4.79 Å². The van der Waals surface area contributed by atoms with Crippen LogP contribution in [0, 0.1) is 6.92 Å². The van der Waals surface area contributed by atoms with E-state index in [2.05, 4.69) is 61.9 Å². The van der Waals surface area contributed by atoms with Crippen molar-refractivity contribution in [2.45, 2.75) is 6.92 Å². The van der Waals surface area contributed by atoms with Crippen LogP contribution in [0.15, 0.2) is 79.5 Å². The minimum atomic E-state index is -0.201. The number of carbonyl (C=O) groups excluding carboxylic acids is 1. The second kappa shape index (κ2) is 9.00. The highest BCUT2D eigenvalue weighted by atomic mass is 79.9. The third-order valence-corrected chi connectivity index (χ3v) is 7.16. The number of rotatable bonds is 3. The fourth-order valence-corrected chi connectivity index (χ4v) is 4.98. The molecule has 0 spiro atoms. The topological polar surface area (TPSA) is 49.0 Å². The van der Waals surface area contributed by atoms with Crippen molar-refractivity contribution in [3.8, 4) is 11.3 Å². The van der Waals surface area contributed by atoms with Gasteiger partial charge in [-0.2, -0.15) is 4.99 Å². The van der Waals surface area contributed by atoms with E-state index < -0.39 is 0 Å². The number of furan rings is 1. The molecule has 1 saturated heterocycles. The minimum absolute atomic E-state index is 0.201. The van der Waals surface area contributed by atoms with E-state index in [-0.39, 0.29) is 5.91 Å². The monoisotopic (exact) mass is 507 g/mol. The Balaban J connectivity index is 1.22. The number of benzene rings is 2. The quantitative estimate of drug-likeness (QED) is 0.418. The lowest BCUT2D eigenvalue weighted by Gasteiger charge is -2.36. The highest BCUT2D eigenvalue weighted by Crippen LogP contribution is 2.32. The van der Waals surface area contributed by atoms with Gasteiger partial charge in [0.1, 0.15) is 11.5 Å². The Morgan fingerprint density at radius 2 is 1.62 bits per heavy atom. The first-order chi connectivity index (χ1) is 15.5. The second-order valence-corrected chi connectivity index (χ2v) is 9.75. The number of amidine groups is 1. The summed E-state index contributed by atoms with van der Waals surface area (Å²) in [6, 6.07) is 20.4. The fourth-order valence-electron chi connectivity index (χ4n) is 3.77. The van der Waals surface area contributed by atoms with E-state index in [0.717, 1.165) is 47.1 Å². The lowest BCUT2D eigenvalue weighted by molar-refractivity contribution is -0.113. The molecular weight excluding hydrogens is 486 g/mol. The first-order valence-electron chi connectivity index (χ1n) is 10.5. The molecule has 0 radical (unpaired) electrons. The zero-order valence-corrected chi connectivity index (χ0v) is 20.0. The van der Waals surface area contributed by atoms with E-state index in [4.69, 9.17) is 4.42 Å². The van der Waals surface area contributed by atoms with Crippen LogP contribution in [-0.4, -0.2) is 42.2 Å². The van der Waals surface area contributed by atoms with E-state index >= 15 is 0 Å². The summed E-state index contributed by atoms with van der Waals surface area (Å²) in [6.45, 7) is 5.60. The number of halogens is 1. The van der Waals surface area contributed by atoms with Gasteiger partial charge in [-0.05, 0) is 55.1 Å². The number of thioether (sulfide) groups is 1. The molecule has 3 heterocycles. The normalized spacial score (nSPS) is 17.9. The molecule has 7 heteroatoms. The van der Waals surface area contributed by atoms with Crippen molar-refractivity contribution in [3.05, 3.63) is 81.4 Å². The summed E-state index contributed by atoms with van der Waals surface area (Å²) in [5, 5.41) is 0.782. The molecule has 0 unspecified atom stereocenters. The van der Waals surface area contributed by atoms with Gasteiger partial charge in [0, 0.05) is 48.0 Å². The molecule has 0 N–H and O–H groups in total. The number of aliphatic imine (C=N–C) groups is 1. The van der Waals surface area contributed by atoms with Crippen molar-refractivity contribution in [1.82, 2.24) is 4.90 Å². The van der Waals surface area contributed by atoms with E-state index in [1.165, 1.54) is 23.0 Å². The third-order valence-electron chi connectivity index (χ3n) is 5.59. The molecule has 1 fully saturated rings. The fraction of sp³-hybridized carbons (Fsp3) is 0.200. The molecule has 5 nitrogen and oxygen atoms in total. The van der Waals surface area contributed by atoms with Gasteiger partial charge in [0.15, 0.2) is 5.17 Å². The predicted octanol–water partition coefficient (Wildman–Crippen LogP) is 5.81. The van der Waals surface area contributed by atoms with Crippen LogP contribution in [0.25, 0.3) is 17.4 Å². The Morgan fingerprint density at radius 3 is 2.34 bits per heavy atom. The predicted molar refractivity (Wildman–Crippen MR) is 135 cm³/mol. The van der Waals surface area contributed by atoms with Crippen LogP contribution in [0.1, 0.15) is 11.3 Å². The molecule has 5 rings (SSSR count). The van der Waals surface area contributed by atoms with E-state index in [0.29, 0.717) is 10.7 Å². The summed E-state index contributed by atoms with van der Waals surface area (Å²) in [7, 11) is 0. The number of hydrogen-bond donors (Lipinski definition) is 0. The Hall–Kier alpha value is -2.77. The summed E-state index contributed by atoms with van der Waals surface area (Å²) in [4.78, 5) is 22.0. The van der Waals surface area contributed by atoms with Gasteiger partial charge in [-0.25, -0.2) is 0 Å². The maximum atomic E-state index is 12.5. The number of aryl methyl sites for hydroxylation is 1. The van der Waals surface area contributed by atoms with Crippen LogP contribution >= 0.6 is 27.7 Å². The molecule has 32 heavy (non-hydrogen) atoms. The Labute approximate surface area is 199 Å². The van der Waals surface area contributed by atoms with Gasteiger partial charge >= 0.3 is 0 Å². The standard InChI is InChI=1S/C25H22BrN3O2S/c1-17-2-8-20(9-3-17)28-12-14-29(15-13-28)25-27-24(30)23(32-25)16-21-10-11-22(31-21)18-4-6-19(26)7-5-18/h2-11,16H,12-15H2,1H3.